The fraction of sp³-hybridized carbons (Fsp3) is 0.625. The van der Waals surface area contributed by atoms with Gasteiger partial charge in [-0.15, -0.1) is 0 Å². The molecule has 0 aliphatic rings. The van der Waals surface area contributed by atoms with Crippen LogP contribution in [0.4, 0.5) is 0 Å². The molecule has 0 heterocycles. The second-order valence-corrected chi connectivity index (χ2v) is 8.17. The third kappa shape index (κ3) is 5.41. The third-order valence-electron chi connectivity index (χ3n) is 3.38. The van der Waals surface area contributed by atoms with Crippen LogP contribution < -0.4 is 5.32 Å². The first-order chi connectivity index (χ1) is 9.75. The Bertz CT molecular complexity index is 539. The molecule has 120 valence electrons. The molecule has 0 radical (unpaired) electrons. The van der Waals surface area contributed by atoms with Crippen LogP contribution in [0.3, 0.4) is 0 Å². The van der Waals surface area contributed by atoms with E-state index in [-0.39, 0.29) is 0 Å². The van der Waals surface area contributed by atoms with Crippen LogP contribution in [0.1, 0.15) is 39.7 Å². The Morgan fingerprint density at radius 1 is 1.14 bits per heavy atom. The van der Waals surface area contributed by atoms with Crippen LogP contribution in [0.15, 0.2) is 29.2 Å². The molecule has 0 fully saturated rings. The number of hydrogen-bond donors (Lipinski definition) is 1. The summed E-state index contributed by atoms with van der Waals surface area (Å²) in [5.74, 6) is 0.487. The smallest absolute Gasteiger partial charge is 0.243 e. The van der Waals surface area contributed by atoms with Gasteiger partial charge >= 0.3 is 0 Å². The van der Waals surface area contributed by atoms with E-state index in [1.54, 1.807) is 19.2 Å². The van der Waals surface area contributed by atoms with Crippen molar-refractivity contribution in [3.05, 3.63) is 29.8 Å². The van der Waals surface area contributed by atoms with Crippen molar-refractivity contribution in [1.29, 1.82) is 0 Å². The summed E-state index contributed by atoms with van der Waals surface area (Å²) in [5.41, 5.74) is 0.822. The average molecular weight is 312 g/mol. The van der Waals surface area contributed by atoms with Gasteiger partial charge in [-0.1, -0.05) is 45.9 Å². The van der Waals surface area contributed by atoms with E-state index in [0.29, 0.717) is 29.9 Å². The highest BCUT2D eigenvalue weighted by Crippen LogP contribution is 2.20. The van der Waals surface area contributed by atoms with Gasteiger partial charge < -0.3 is 5.32 Å². The first kappa shape index (κ1) is 18.1. The lowest BCUT2D eigenvalue weighted by atomic mass is 10.1. The van der Waals surface area contributed by atoms with Crippen molar-refractivity contribution in [2.45, 2.75) is 51.6 Å². The first-order valence-electron chi connectivity index (χ1n) is 7.52. The monoisotopic (exact) mass is 312 g/mol. The standard InChI is InChI=1S/C16H28N2O2S/c1-13(2)10-11-18(5)21(19,20)16-9-7-6-8-15(16)12-17-14(3)4/h6-9,13-14,17H,10-12H2,1-5H3. The predicted octanol–water partition coefficient (Wildman–Crippen LogP) is 2.85. The molecule has 0 amide bonds. The predicted molar refractivity (Wildman–Crippen MR) is 87.7 cm³/mol. The number of hydrogen-bond acceptors (Lipinski definition) is 3. The van der Waals surface area contributed by atoms with Crippen LogP contribution in [0.25, 0.3) is 0 Å². The lowest BCUT2D eigenvalue weighted by Crippen LogP contribution is -2.30. The Morgan fingerprint density at radius 2 is 1.76 bits per heavy atom. The van der Waals surface area contributed by atoms with Gasteiger partial charge in [-0.05, 0) is 24.0 Å². The maximum atomic E-state index is 12.7. The van der Waals surface area contributed by atoms with E-state index in [9.17, 15) is 8.42 Å². The number of sulfonamides is 1. The van der Waals surface area contributed by atoms with E-state index < -0.39 is 10.0 Å². The zero-order chi connectivity index (χ0) is 16.0. The molecule has 1 rings (SSSR count). The molecule has 0 spiro atoms. The molecular formula is C16H28N2O2S. The number of nitrogens with zero attached hydrogens (tertiary/aromatic N) is 1. The van der Waals surface area contributed by atoms with Crippen molar-refractivity contribution >= 4 is 10.0 Å². The van der Waals surface area contributed by atoms with E-state index in [2.05, 4.69) is 19.2 Å². The van der Waals surface area contributed by atoms with Crippen LogP contribution in [-0.4, -0.2) is 32.4 Å². The van der Waals surface area contributed by atoms with E-state index >= 15 is 0 Å². The minimum absolute atomic E-state index is 0.319. The molecule has 21 heavy (non-hydrogen) atoms. The quantitative estimate of drug-likeness (QED) is 0.803. The Labute approximate surface area is 129 Å². The number of rotatable bonds is 8. The summed E-state index contributed by atoms with van der Waals surface area (Å²) in [6.07, 6.45) is 0.863. The molecule has 0 atom stereocenters. The summed E-state index contributed by atoms with van der Waals surface area (Å²) < 4.78 is 26.9. The SMILES string of the molecule is CC(C)CCN(C)S(=O)(=O)c1ccccc1CNC(C)C. The molecule has 0 bridgehead atoms. The van der Waals surface area contributed by atoms with E-state index in [1.807, 2.05) is 26.0 Å². The van der Waals surface area contributed by atoms with Gasteiger partial charge in [0.15, 0.2) is 0 Å². The molecule has 5 heteroatoms. The minimum Gasteiger partial charge on any atom is -0.310 e. The fourth-order valence-electron chi connectivity index (χ4n) is 1.94. The Morgan fingerprint density at radius 3 is 2.33 bits per heavy atom. The lowest BCUT2D eigenvalue weighted by Gasteiger charge is -2.20. The van der Waals surface area contributed by atoms with E-state index in [4.69, 9.17) is 0 Å². The van der Waals surface area contributed by atoms with Gasteiger partial charge in [-0.3, -0.25) is 0 Å². The topological polar surface area (TPSA) is 49.4 Å². The van der Waals surface area contributed by atoms with Gasteiger partial charge in [0, 0.05) is 26.2 Å². The van der Waals surface area contributed by atoms with Gasteiger partial charge in [0.2, 0.25) is 10.0 Å². The van der Waals surface area contributed by atoms with Gasteiger partial charge in [-0.25, -0.2) is 12.7 Å². The maximum Gasteiger partial charge on any atom is 0.243 e. The van der Waals surface area contributed by atoms with Crippen molar-refractivity contribution in [3.8, 4) is 0 Å². The highest BCUT2D eigenvalue weighted by atomic mass is 32.2. The number of nitrogens with one attached hydrogen (secondary N) is 1. The molecule has 1 N–H and O–H groups in total. The average Bonchev–Trinajstić information content (AvgIpc) is 2.42. The van der Waals surface area contributed by atoms with E-state index in [1.165, 1.54) is 4.31 Å². The van der Waals surface area contributed by atoms with Gasteiger partial charge in [0.25, 0.3) is 0 Å². The maximum absolute atomic E-state index is 12.7. The van der Waals surface area contributed by atoms with Gasteiger partial charge in [0.1, 0.15) is 0 Å². The molecule has 4 nitrogen and oxygen atoms in total. The van der Waals surface area contributed by atoms with Crippen LogP contribution in [0.5, 0.6) is 0 Å². The Balaban J connectivity index is 2.96. The summed E-state index contributed by atoms with van der Waals surface area (Å²) in [5, 5.41) is 3.28. The Kier molecular flexibility index (Phi) is 6.84. The highest BCUT2D eigenvalue weighted by Gasteiger charge is 2.23. The molecule has 0 aliphatic carbocycles. The first-order valence-corrected chi connectivity index (χ1v) is 8.96. The largest absolute Gasteiger partial charge is 0.310 e. The van der Waals surface area contributed by atoms with Crippen molar-refractivity contribution < 1.29 is 8.42 Å². The van der Waals surface area contributed by atoms with Crippen LogP contribution >= 0.6 is 0 Å². The van der Waals surface area contributed by atoms with Gasteiger partial charge in [0.05, 0.1) is 4.90 Å². The van der Waals surface area contributed by atoms with Crippen molar-refractivity contribution in [2.24, 2.45) is 5.92 Å². The fourth-order valence-corrected chi connectivity index (χ4v) is 3.35. The zero-order valence-corrected chi connectivity index (χ0v) is 14.6. The summed E-state index contributed by atoms with van der Waals surface area (Å²) >= 11 is 0. The highest BCUT2D eigenvalue weighted by molar-refractivity contribution is 7.89. The van der Waals surface area contributed by atoms with Crippen molar-refractivity contribution in [1.82, 2.24) is 9.62 Å². The minimum atomic E-state index is -3.42. The summed E-state index contributed by atoms with van der Waals surface area (Å²) in [6.45, 7) is 9.40. The molecule has 1 aromatic carbocycles. The molecule has 0 aromatic heterocycles. The zero-order valence-electron chi connectivity index (χ0n) is 13.8. The second kappa shape index (κ2) is 7.92. The normalized spacial score (nSPS) is 12.6. The van der Waals surface area contributed by atoms with Crippen molar-refractivity contribution in [2.75, 3.05) is 13.6 Å². The van der Waals surface area contributed by atoms with Crippen molar-refractivity contribution in [3.63, 3.8) is 0 Å². The summed E-state index contributed by atoms with van der Waals surface area (Å²) in [4.78, 5) is 0.407. The Hall–Kier alpha value is -0.910. The molecule has 1 aromatic rings. The van der Waals surface area contributed by atoms with Crippen LogP contribution in [0.2, 0.25) is 0 Å². The van der Waals surface area contributed by atoms with Gasteiger partial charge in [-0.2, -0.15) is 0 Å². The number of benzene rings is 1. The molecule has 0 saturated heterocycles. The molecule has 0 saturated carbocycles. The molecule has 0 unspecified atom stereocenters. The van der Waals surface area contributed by atoms with Crippen LogP contribution in [-0.2, 0) is 16.6 Å². The van der Waals surface area contributed by atoms with E-state index in [0.717, 1.165) is 12.0 Å². The summed E-state index contributed by atoms with van der Waals surface area (Å²) in [6, 6.07) is 7.54. The second-order valence-electron chi connectivity index (χ2n) is 6.15. The summed E-state index contributed by atoms with van der Waals surface area (Å²) in [7, 11) is -1.76. The molecular weight excluding hydrogens is 284 g/mol. The lowest BCUT2D eigenvalue weighted by molar-refractivity contribution is 0.427. The molecule has 0 aliphatic heterocycles. The third-order valence-corrected chi connectivity index (χ3v) is 5.34. The van der Waals surface area contributed by atoms with Crippen LogP contribution in [0, 0.1) is 5.92 Å².